The molecule has 16 nitrogen and oxygen atoms in total. The minimum Gasteiger partial charge on any atom is -0.759 e. The van der Waals surface area contributed by atoms with Gasteiger partial charge in [-0.3, -0.25) is 33.7 Å². The Labute approximate surface area is 148 Å². The third-order valence-corrected chi connectivity index (χ3v) is 0. The minimum atomic E-state index is -5.17. The second-order valence-corrected chi connectivity index (χ2v) is 4.90. The van der Waals surface area contributed by atoms with Crippen LogP contribution in [0.2, 0.25) is 0 Å². The normalized spacial score (nSPS) is 10.5. The van der Waals surface area contributed by atoms with Gasteiger partial charge in [0.25, 0.3) is 0 Å². The maximum atomic E-state index is 8.52. The predicted octanol–water partition coefficient (Wildman–Crippen LogP) is -5.36. The molecule has 0 aromatic heterocycles. The van der Waals surface area contributed by atoms with Crippen LogP contribution < -0.4 is 0 Å². The van der Waals surface area contributed by atoms with Gasteiger partial charge in [0.1, 0.15) is 0 Å². The van der Waals surface area contributed by atoms with Crippen molar-refractivity contribution in [2.45, 2.75) is 0 Å². The molecule has 0 bridgehead atoms. The zero-order chi connectivity index (χ0) is 18.0. The van der Waals surface area contributed by atoms with Crippen molar-refractivity contribution in [2.75, 3.05) is 0 Å². The molecule has 0 aromatic carbocycles. The second kappa shape index (κ2) is 15.2. The van der Waals surface area contributed by atoms with Crippen LogP contribution in [0.4, 0.5) is 0 Å². The van der Waals surface area contributed by atoms with Gasteiger partial charge in [0.2, 0.25) is 0 Å². The SMILES string of the molecule is O=S(=O)([O-])[O-].O=S(=O)([O-])[O-].O=S(=O)([O-])[O-].O=S(=O)([O-])[O-].[Ni+2].[W+6]. The smallest absolute Gasteiger partial charge is 0.759 e. The Morgan fingerprint density at radius 3 is 0.364 bits per heavy atom. The van der Waals surface area contributed by atoms with Crippen LogP contribution in [0.1, 0.15) is 0 Å². The Balaban J connectivity index is -0.0000000376. The molecule has 0 aliphatic rings. The summed E-state index contributed by atoms with van der Waals surface area (Å²) in [5, 5.41) is 0. The fraction of sp³-hybridized carbons (Fsp3) is 0. The van der Waals surface area contributed by atoms with Crippen molar-refractivity contribution >= 4 is 41.6 Å². The van der Waals surface area contributed by atoms with Gasteiger partial charge in [0, 0.05) is 41.6 Å². The predicted molar refractivity (Wildman–Crippen MR) is 41.9 cm³/mol. The van der Waals surface area contributed by atoms with E-state index in [1.807, 2.05) is 0 Å². The van der Waals surface area contributed by atoms with E-state index in [9.17, 15) is 0 Å². The standard InChI is InChI=1S/Ni.4H2O4S.W/c;4*1-5(2,3)4;/h;4*(H2,1,2,3,4);/q+2;;;;;+6/p-8. The molecule has 0 atom stereocenters. The maximum absolute atomic E-state index is 8.52. The van der Waals surface area contributed by atoms with E-state index in [-0.39, 0.29) is 37.6 Å². The summed E-state index contributed by atoms with van der Waals surface area (Å²) >= 11 is 0. The van der Waals surface area contributed by atoms with Crippen molar-refractivity contribution in [3.8, 4) is 0 Å². The van der Waals surface area contributed by atoms with Gasteiger partial charge in [-0.05, 0) is 0 Å². The molecule has 136 valence electrons. The first-order valence-corrected chi connectivity index (χ1v) is 8.00. The van der Waals surface area contributed by atoms with E-state index in [2.05, 4.69) is 0 Å². The molecule has 22 heteroatoms. The van der Waals surface area contributed by atoms with Crippen LogP contribution in [-0.4, -0.2) is 70.1 Å². The van der Waals surface area contributed by atoms with Gasteiger partial charge in [0.05, 0.1) is 0 Å². The van der Waals surface area contributed by atoms with E-state index >= 15 is 0 Å². The Morgan fingerprint density at radius 1 is 0.364 bits per heavy atom. The van der Waals surface area contributed by atoms with Crippen LogP contribution in [0.15, 0.2) is 0 Å². The quantitative estimate of drug-likeness (QED) is 0.137. The van der Waals surface area contributed by atoms with Crippen molar-refractivity contribution in [3.05, 3.63) is 0 Å². The molecule has 0 unspecified atom stereocenters. The van der Waals surface area contributed by atoms with Crippen molar-refractivity contribution in [1.82, 2.24) is 0 Å². The molecular formula is NiO16S4W. The number of hydrogen-bond acceptors (Lipinski definition) is 16. The molecule has 0 heterocycles. The zero-order valence-corrected chi connectivity index (χ0v) is 16.1. The van der Waals surface area contributed by atoms with E-state index < -0.39 is 41.6 Å². The first-order valence-electron chi connectivity index (χ1n) is 2.67. The summed E-state index contributed by atoms with van der Waals surface area (Å²) in [5.41, 5.74) is 0. The van der Waals surface area contributed by atoms with E-state index in [1.54, 1.807) is 0 Å². The second-order valence-electron chi connectivity index (χ2n) is 1.63. The molecule has 22 heavy (non-hydrogen) atoms. The van der Waals surface area contributed by atoms with Crippen LogP contribution in [-0.2, 0) is 79.2 Å². The number of hydrogen-bond donors (Lipinski definition) is 0. The molecule has 0 aliphatic heterocycles. The van der Waals surface area contributed by atoms with E-state index in [4.69, 9.17) is 70.1 Å². The number of rotatable bonds is 0. The average Bonchev–Trinajstić information content (AvgIpc) is 1.62. The van der Waals surface area contributed by atoms with Gasteiger partial charge < -0.3 is 36.4 Å². The molecular weight excluding hydrogens is 627 g/mol. The molecule has 0 saturated heterocycles. The van der Waals surface area contributed by atoms with Crippen molar-refractivity contribution in [3.63, 3.8) is 0 Å². The monoisotopic (exact) mass is 626 g/mol. The van der Waals surface area contributed by atoms with E-state index in [0.29, 0.717) is 0 Å². The van der Waals surface area contributed by atoms with Gasteiger partial charge in [0.15, 0.2) is 0 Å². The largest absolute Gasteiger partial charge is 6.00 e. The summed E-state index contributed by atoms with van der Waals surface area (Å²) in [5.74, 6) is 0. The molecule has 0 aromatic rings. The van der Waals surface area contributed by atoms with Crippen LogP contribution in [0.5, 0.6) is 0 Å². The summed E-state index contributed by atoms with van der Waals surface area (Å²) in [6.07, 6.45) is 0. The van der Waals surface area contributed by atoms with Crippen molar-refractivity contribution < 1.29 is 108 Å². The van der Waals surface area contributed by atoms with Gasteiger partial charge >= 0.3 is 37.6 Å². The van der Waals surface area contributed by atoms with Crippen molar-refractivity contribution in [2.24, 2.45) is 0 Å². The van der Waals surface area contributed by atoms with E-state index in [1.165, 1.54) is 0 Å². The average molecular weight is 627 g/mol. The molecule has 0 aliphatic carbocycles. The van der Waals surface area contributed by atoms with Gasteiger partial charge in [-0.15, -0.1) is 0 Å². The van der Waals surface area contributed by atoms with Crippen molar-refractivity contribution in [1.29, 1.82) is 0 Å². The molecule has 0 spiro atoms. The Bertz CT molecular complexity index is 479. The fourth-order valence-electron chi connectivity index (χ4n) is 0. The van der Waals surface area contributed by atoms with Crippen LogP contribution >= 0.6 is 0 Å². The topological polar surface area (TPSA) is 321 Å². The Kier molecular flexibility index (Phi) is 26.5. The minimum absolute atomic E-state index is 0. The Hall–Kier alpha value is 0.662. The molecule has 0 rings (SSSR count). The first-order chi connectivity index (χ1) is 8.00. The summed E-state index contributed by atoms with van der Waals surface area (Å²) in [6, 6.07) is 0. The summed E-state index contributed by atoms with van der Waals surface area (Å²) in [4.78, 5) is 0. The first kappa shape index (κ1) is 38.3. The van der Waals surface area contributed by atoms with Gasteiger partial charge in [-0.25, -0.2) is 0 Å². The summed E-state index contributed by atoms with van der Waals surface area (Å²) in [6.45, 7) is 0. The fourth-order valence-corrected chi connectivity index (χ4v) is 0. The zero-order valence-electron chi connectivity index (χ0n) is 8.89. The molecule has 0 fully saturated rings. The molecule has 0 saturated carbocycles. The molecule has 0 amide bonds. The van der Waals surface area contributed by atoms with Crippen LogP contribution in [0, 0.1) is 0 Å². The van der Waals surface area contributed by atoms with Gasteiger partial charge in [-0.2, -0.15) is 0 Å². The third-order valence-electron chi connectivity index (χ3n) is 0. The van der Waals surface area contributed by atoms with E-state index in [0.717, 1.165) is 0 Å². The van der Waals surface area contributed by atoms with Crippen LogP contribution in [0.25, 0.3) is 0 Å². The molecule has 0 radical (unpaired) electrons. The summed E-state index contributed by atoms with van der Waals surface area (Å²) < 4.78 is 136. The molecule has 0 N–H and O–H groups in total. The maximum Gasteiger partial charge on any atom is 6.00 e. The van der Waals surface area contributed by atoms with Gasteiger partial charge in [-0.1, -0.05) is 0 Å². The third kappa shape index (κ3) is 18200. The summed E-state index contributed by atoms with van der Waals surface area (Å²) in [7, 11) is -20.7. The Morgan fingerprint density at radius 2 is 0.364 bits per heavy atom. The van der Waals surface area contributed by atoms with Crippen LogP contribution in [0.3, 0.4) is 0 Å².